The van der Waals surface area contributed by atoms with E-state index in [1.807, 2.05) is 24.3 Å². The van der Waals surface area contributed by atoms with Gasteiger partial charge in [0.1, 0.15) is 0 Å². The van der Waals surface area contributed by atoms with Gasteiger partial charge in [0.15, 0.2) is 0 Å². The lowest BCUT2D eigenvalue weighted by atomic mass is 9.99. The predicted molar refractivity (Wildman–Crippen MR) is 107 cm³/mol. The summed E-state index contributed by atoms with van der Waals surface area (Å²) < 4.78 is 0. The van der Waals surface area contributed by atoms with Crippen molar-refractivity contribution in [1.82, 2.24) is 5.32 Å². The van der Waals surface area contributed by atoms with Crippen molar-refractivity contribution in [3.8, 4) is 0 Å². The molecule has 0 aromatic heterocycles. The summed E-state index contributed by atoms with van der Waals surface area (Å²) >= 11 is 0. The van der Waals surface area contributed by atoms with Crippen LogP contribution in [0.1, 0.15) is 11.1 Å². The molecular formula is C22H26N2O. The Labute approximate surface area is 150 Å². The van der Waals surface area contributed by atoms with Crippen LogP contribution < -0.4 is 11.1 Å². The zero-order valence-corrected chi connectivity index (χ0v) is 14.6. The van der Waals surface area contributed by atoms with E-state index in [0.717, 1.165) is 12.0 Å². The Morgan fingerprint density at radius 3 is 2.28 bits per heavy atom. The van der Waals surface area contributed by atoms with Gasteiger partial charge in [-0.3, -0.25) is 4.79 Å². The molecule has 3 nitrogen and oxygen atoms in total. The molecule has 0 aliphatic rings. The number of nitrogens with one attached hydrogen (secondary N) is 1. The molecule has 1 aromatic carbocycles. The average Bonchev–Trinajstić information content (AvgIpc) is 2.63. The van der Waals surface area contributed by atoms with Crippen LogP contribution in [-0.2, 0) is 17.8 Å². The SMILES string of the molecule is C=C/C=C\C(=C)C(=C)/C(=C\C=C)C(=O)NCc1ccc(CCN)cc1. The monoisotopic (exact) mass is 334 g/mol. The topological polar surface area (TPSA) is 55.1 Å². The van der Waals surface area contributed by atoms with Crippen LogP contribution in [-0.4, -0.2) is 12.5 Å². The van der Waals surface area contributed by atoms with Crippen LogP contribution in [0.25, 0.3) is 0 Å². The van der Waals surface area contributed by atoms with E-state index in [4.69, 9.17) is 5.73 Å². The van der Waals surface area contributed by atoms with E-state index < -0.39 is 0 Å². The second kappa shape index (κ2) is 10.8. The number of rotatable bonds is 10. The number of benzene rings is 1. The molecule has 3 heteroatoms. The van der Waals surface area contributed by atoms with E-state index in [1.54, 1.807) is 30.4 Å². The second-order valence-corrected chi connectivity index (χ2v) is 5.45. The van der Waals surface area contributed by atoms with Crippen LogP contribution in [0.4, 0.5) is 0 Å². The van der Waals surface area contributed by atoms with Gasteiger partial charge in [0.05, 0.1) is 0 Å². The van der Waals surface area contributed by atoms with Gasteiger partial charge in [-0.25, -0.2) is 0 Å². The number of amides is 1. The normalized spacial score (nSPS) is 11.2. The van der Waals surface area contributed by atoms with Crippen molar-refractivity contribution in [1.29, 1.82) is 0 Å². The van der Waals surface area contributed by atoms with Crippen LogP contribution in [0.2, 0.25) is 0 Å². The van der Waals surface area contributed by atoms with Gasteiger partial charge in [0.25, 0.3) is 5.91 Å². The first-order valence-corrected chi connectivity index (χ1v) is 8.10. The third-order valence-corrected chi connectivity index (χ3v) is 3.58. The van der Waals surface area contributed by atoms with Gasteiger partial charge in [-0.2, -0.15) is 0 Å². The van der Waals surface area contributed by atoms with Crippen LogP contribution in [0, 0.1) is 0 Å². The van der Waals surface area contributed by atoms with Crippen molar-refractivity contribution in [2.24, 2.45) is 5.73 Å². The molecule has 0 spiro atoms. The molecule has 0 heterocycles. The molecule has 0 saturated heterocycles. The van der Waals surface area contributed by atoms with E-state index >= 15 is 0 Å². The van der Waals surface area contributed by atoms with Crippen molar-refractivity contribution < 1.29 is 4.79 Å². The average molecular weight is 334 g/mol. The Hall–Kier alpha value is -2.91. The summed E-state index contributed by atoms with van der Waals surface area (Å²) in [4.78, 5) is 12.5. The highest BCUT2D eigenvalue weighted by Crippen LogP contribution is 2.18. The highest BCUT2D eigenvalue weighted by atomic mass is 16.1. The van der Waals surface area contributed by atoms with Crippen molar-refractivity contribution >= 4 is 5.91 Å². The smallest absolute Gasteiger partial charge is 0.252 e. The minimum atomic E-state index is -0.218. The van der Waals surface area contributed by atoms with Crippen molar-refractivity contribution in [3.63, 3.8) is 0 Å². The molecule has 0 fully saturated rings. The summed E-state index contributed by atoms with van der Waals surface area (Å²) in [5.74, 6) is -0.218. The molecular weight excluding hydrogens is 308 g/mol. The number of allylic oxidation sites excluding steroid dienone is 6. The van der Waals surface area contributed by atoms with Gasteiger partial charge in [-0.15, -0.1) is 0 Å². The van der Waals surface area contributed by atoms with Gasteiger partial charge < -0.3 is 11.1 Å². The third kappa shape index (κ3) is 6.61. The first kappa shape index (κ1) is 20.1. The fourth-order valence-corrected chi connectivity index (χ4v) is 2.16. The molecule has 130 valence electrons. The van der Waals surface area contributed by atoms with E-state index in [-0.39, 0.29) is 5.91 Å². The van der Waals surface area contributed by atoms with E-state index in [1.165, 1.54) is 5.56 Å². The van der Waals surface area contributed by atoms with E-state index in [2.05, 4.69) is 31.6 Å². The van der Waals surface area contributed by atoms with Gasteiger partial charge in [0, 0.05) is 12.1 Å². The molecule has 0 atom stereocenters. The summed E-state index contributed by atoms with van der Waals surface area (Å²) in [5, 5.41) is 2.90. The Morgan fingerprint density at radius 2 is 1.72 bits per heavy atom. The van der Waals surface area contributed by atoms with E-state index in [9.17, 15) is 4.79 Å². The zero-order valence-electron chi connectivity index (χ0n) is 14.6. The van der Waals surface area contributed by atoms with Crippen molar-refractivity contribution in [2.45, 2.75) is 13.0 Å². The number of carbonyl (C=O) groups is 1. The maximum Gasteiger partial charge on any atom is 0.252 e. The van der Waals surface area contributed by atoms with Gasteiger partial charge in [-0.1, -0.05) is 74.9 Å². The molecule has 1 amide bonds. The van der Waals surface area contributed by atoms with Crippen LogP contribution in [0.5, 0.6) is 0 Å². The Morgan fingerprint density at radius 1 is 1.08 bits per heavy atom. The number of carbonyl (C=O) groups excluding carboxylic acids is 1. The van der Waals surface area contributed by atoms with Gasteiger partial charge in [0.2, 0.25) is 0 Å². The standard InChI is InChI=1S/C22H26N2O/c1-5-7-9-17(3)18(4)21(8-6-2)22(25)24-16-20-12-10-19(11-13-20)14-15-23/h5-13H,1-4,14-16,23H2,(H,24,25)/b9-7-,21-8+. The zero-order chi connectivity index (χ0) is 18.7. The summed E-state index contributed by atoms with van der Waals surface area (Å²) in [6.07, 6.45) is 9.19. The highest BCUT2D eigenvalue weighted by molar-refractivity contribution is 5.99. The largest absolute Gasteiger partial charge is 0.348 e. The number of hydrogen-bond acceptors (Lipinski definition) is 2. The fourth-order valence-electron chi connectivity index (χ4n) is 2.16. The first-order chi connectivity index (χ1) is 12.0. The fraction of sp³-hybridized carbons (Fsp3) is 0.136. The van der Waals surface area contributed by atoms with Crippen molar-refractivity contribution in [3.05, 3.63) is 109 Å². The summed E-state index contributed by atoms with van der Waals surface area (Å²) in [6, 6.07) is 8.02. The summed E-state index contributed by atoms with van der Waals surface area (Å²) in [5.41, 5.74) is 9.38. The Kier molecular flexibility index (Phi) is 8.69. The quantitative estimate of drug-likeness (QED) is 0.505. The lowest BCUT2D eigenvalue weighted by molar-refractivity contribution is -0.117. The lowest BCUT2D eigenvalue weighted by Gasteiger charge is -2.12. The number of hydrogen-bond donors (Lipinski definition) is 2. The van der Waals surface area contributed by atoms with Crippen LogP contribution >= 0.6 is 0 Å². The molecule has 0 saturated carbocycles. The van der Waals surface area contributed by atoms with Crippen molar-refractivity contribution in [2.75, 3.05) is 6.54 Å². The molecule has 3 N–H and O–H groups in total. The number of nitrogens with two attached hydrogens (primary N) is 1. The predicted octanol–water partition coefficient (Wildman–Crippen LogP) is 3.77. The van der Waals surface area contributed by atoms with Crippen LogP contribution in [0.3, 0.4) is 0 Å². The van der Waals surface area contributed by atoms with Gasteiger partial charge >= 0.3 is 0 Å². The minimum absolute atomic E-state index is 0.218. The summed E-state index contributed by atoms with van der Waals surface area (Å²) in [6.45, 7) is 16.2. The second-order valence-electron chi connectivity index (χ2n) is 5.45. The molecule has 1 rings (SSSR count). The maximum absolute atomic E-state index is 12.5. The molecule has 0 aliphatic carbocycles. The molecule has 0 bridgehead atoms. The first-order valence-electron chi connectivity index (χ1n) is 8.10. The third-order valence-electron chi connectivity index (χ3n) is 3.58. The van der Waals surface area contributed by atoms with Crippen LogP contribution in [0.15, 0.2) is 97.7 Å². The molecule has 0 radical (unpaired) electrons. The minimum Gasteiger partial charge on any atom is -0.348 e. The Balaban J connectivity index is 2.76. The summed E-state index contributed by atoms with van der Waals surface area (Å²) in [7, 11) is 0. The van der Waals surface area contributed by atoms with E-state index in [0.29, 0.717) is 29.8 Å². The maximum atomic E-state index is 12.5. The molecule has 0 unspecified atom stereocenters. The molecule has 0 aliphatic heterocycles. The van der Waals surface area contributed by atoms with Gasteiger partial charge in [-0.05, 0) is 41.3 Å². The lowest BCUT2D eigenvalue weighted by Crippen LogP contribution is -2.25. The molecule has 25 heavy (non-hydrogen) atoms. The molecule has 1 aromatic rings. The Bertz CT molecular complexity index is 706. The highest BCUT2D eigenvalue weighted by Gasteiger charge is 2.13.